The zero-order chi connectivity index (χ0) is 22.6. The molecule has 4 aliphatic heterocycles. The van der Waals surface area contributed by atoms with Crippen molar-refractivity contribution in [3.05, 3.63) is 11.9 Å². The van der Waals surface area contributed by atoms with Gasteiger partial charge < -0.3 is 33.3 Å². The summed E-state index contributed by atoms with van der Waals surface area (Å²) < 4.78 is 36.4. The molecule has 0 N–H and O–H groups in total. The third-order valence-corrected chi connectivity index (χ3v) is 6.29. The van der Waals surface area contributed by atoms with Gasteiger partial charge in [0.1, 0.15) is 18.3 Å². The van der Waals surface area contributed by atoms with Crippen molar-refractivity contribution in [1.82, 2.24) is 4.90 Å². The standard InChI is InChI=1S/C23H38N2O6/c1-14-12-26-21(2,3)28-17(14)9-15-11-25(8)16(10-24-15)19-20(31-23(6,7)30-19)18-13-27-22(4,5)29-18/h10-11,14,16-20H,9,12-13H2,1-8H3. The van der Waals surface area contributed by atoms with E-state index >= 15 is 0 Å². The molecule has 31 heavy (non-hydrogen) atoms. The van der Waals surface area contributed by atoms with Crippen molar-refractivity contribution in [2.45, 2.75) is 103 Å². The Morgan fingerprint density at radius 2 is 1.55 bits per heavy atom. The first-order valence-electron chi connectivity index (χ1n) is 11.3. The molecule has 176 valence electrons. The highest BCUT2D eigenvalue weighted by molar-refractivity contribution is 5.68. The monoisotopic (exact) mass is 438 g/mol. The van der Waals surface area contributed by atoms with Crippen LogP contribution in [0.15, 0.2) is 16.9 Å². The lowest BCUT2D eigenvalue weighted by Gasteiger charge is -2.40. The minimum atomic E-state index is -0.693. The summed E-state index contributed by atoms with van der Waals surface area (Å²) in [5.74, 6) is -1.55. The van der Waals surface area contributed by atoms with Crippen molar-refractivity contribution in [3.63, 3.8) is 0 Å². The predicted octanol–water partition coefficient (Wildman–Crippen LogP) is 3.06. The van der Waals surface area contributed by atoms with Crippen LogP contribution in [0.25, 0.3) is 0 Å². The molecule has 6 atom stereocenters. The molecular weight excluding hydrogens is 400 g/mol. The van der Waals surface area contributed by atoms with Crippen molar-refractivity contribution in [2.75, 3.05) is 20.3 Å². The number of hydrogen-bond donors (Lipinski definition) is 0. The van der Waals surface area contributed by atoms with Crippen LogP contribution in [0.3, 0.4) is 0 Å². The molecule has 0 aromatic heterocycles. The molecule has 0 amide bonds. The van der Waals surface area contributed by atoms with Gasteiger partial charge in [0.05, 0.1) is 31.1 Å². The summed E-state index contributed by atoms with van der Waals surface area (Å²) in [5.41, 5.74) is 0.990. The van der Waals surface area contributed by atoms with E-state index in [1.165, 1.54) is 0 Å². The topological polar surface area (TPSA) is 71.0 Å². The highest BCUT2D eigenvalue weighted by atomic mass is 16.8. The van der Waals surface area contributed by atoms with Gasteiger partial charge in [0.2, 0.25) is 0 Å². The highest BCUT2D eigenvalue weighted by Gasteiger charge is 2.52. The van der Waals surface area contributed by atoms with E-state index in [1.807, 2.05) is 47.8 Å². The Kier molecular flexibility index (Phi) is 6.03. The SMILES string of the molecule is CC1COC(C)(C)OC1CC1=CN(C)C(C2OC(C)(C)OC2C2COC(C)(C)O2)C=N1. The Hall–Kier alpha value is -1.03. The second kappa shape index (κ2) is 8.08. The van der Waals surface area contributed by atoms with Crippen molar-refractivity contribution in [2.24, 2.45) is 10.9 Å². The van der Waals surface area contributed by atoms with Crippen molar-refractivity contribution in [3.8, 4) is 0 Å². The van der Waals surface area contributed by atoms with Crippen LogP contribution in [0.4, 0.5) is 0 Å². The fourth-order valence-electron chi connectivity index (χ4n) is 4.70. The molecule has 0 spiro atoms. The van der Waals surface area contributed by atoms with Gasteiger partial charge in [0.15, 0.2) is 17.4 Å². The van der Waals surface area contributed by atoms with Gasteiger partial charge in [-0.1, -0.05) is 6.92 Å². The second-order valence-corrected chi connectivity index (χ2v) is 10.5. The summed E-state index contributed by atoms with van der Waals surface area (Å²) in [6, 6.07) is -0.0627. The van der Waals surface area contributed by atoms with Crippen LogP contribution < -0.4 is 0 Å². The van der Waals surface area contributed by atoms with E-state index in [4.69, 9.17) is 33.4 Å². The van der Waals surface area contributed by atoms with Crippen molar-refractivity contribution >= 4 is 6.21 Å². The van der Waals surface area contributed by atoms with Crippen LogP contribution >= 0.6 is 0 Å². The largest absolute Gasteiger partial charge is 0.368 e. The molecule has 3 saturated heterocycles. The Labute approximate surface area is 185 Å². The molecule has 8 heteroatoms. The van der Waals surface area contributed by atoms with Gasteiger partial charge in [-0.15, -0.1) is 0 Å². The number of aliphatic imine (C=N–C) groups is 1. The maximum absolute atomic E-state index is 6.32. The summed E-state index contributed by atoms with van der Waals surface area (Å²) in [4.78, 5) is 6.94. The molecule has 3 fully saturated rings. The maximum atomic E-state index is 6.32. The molecule has 0 aromatic rings. The van der Waals surface area contributed by atoms with Gasteiger partial charge in [0.25, 0.3) is 0 Å². The normalized spacial score (nSPS) is 41.4. The Bertz CT molecular complexity index is 734. The van der Waals surface area contributed by atoms with Crippen LogP contribution in [0.5, 0.6) is 0 Å². The average molecular weight is 439 g/mol. The van der Waals surface area contributed by atoms with E-state index in [-0.39, 0.29) is 30.5 Å². The maximum Gasteiger partial charge on any atom is 0.164 e. The van der Waals surface area contributed by atoms with E-state index in [0.717, 1.165) is 12.1 Å². The van der Waals surface area contributed by atoms with Gasteiger partial charge in [-0.3, -0.25) is 4.99 Å². The number of likely N-dealkylation sites (N-methyl/N-ethyl adjacent to an activating group) is 1. The lowest BCUT2D eigenvalue weighted by Crippen LogP contribution is -2.50. The second-order valence-electron chi connectivity index (χ2n) is 10.5. The fraction of sp³-hybridized carbons (Fsp3) is 0.870. The molecule has 4 aliphatic rings. The van der Waals surface area contributed by atoms with E-state index in [2.05, 4.69) is 25.1 Å². The summed E-state index contributed by atoms with van der Waals surface area (Å²) in [6.45, 7) is 15.0. The minimum Gasteiger partial charge on any atom is -0.368 e. The minimum absolute atomic E-state index is 0.0627. The Morgan fingerprint density at radius 1 is 0.903 bits per heavy atom. The van der Waals surface area contributed by atoms with E-state index in [9.17, 15) is 0 Å². The van der Waals surface area contributed by atoms with Crippen molar-refractivity contribution < 1.29 is 28.4 Å². The zero-order valence-electron chi connectivity index (χ0n) is 20.1. The zero-order valence-corrected chi connectivity index (χ0v) is 20.1. The van der Waals surface area contributed by atoms with Gasteiger partial charge in [0, 0.05) is 31.8 Å². The van der Waals surface area contributed by atoms with Crippen LogP contribution in [0, 0.1) is 5.92 Å². The van der Waals surface area contributed by atoms with Crippen molar-refractivity contribution in [1.29, 1.82) is 0 Å². The summed E-state index contributed by atoms with van der Waals surface area (Å²) in [5, 5.41) is 0. The molecule has 4 heterocycles. The van der Waals surface area contributed by atoms with E-state index in [0.29, 0.717) is 19.1 Å². The van der Waals surface area contributed by atoms with Crippen LogP contribution in [0.2, 0.25) is 0 Å². The first-order valence-corrected chi connectivity index (χ1v) is 11.3. The number of nitrogens with zero attached hydrogens (tertiary/aromatic N) is 2. The average Bonchev–Trinajstić information content (AvgIpc) is 3.16. The molecule has 8 nitrogen and oxygen atoms in total. The molecule has 0 aromatic carbocycles. The molecule has 0 saturated carbocycles. The number of hydrogen-bond acceptors (Lipinski definition) is 8. The molecule has 0 radical (unpaired) electrons. The van der Waals surface area contributed by atoms with Gasteiger partial charge in [-0.2, -0.15) is 0 Å². The fourth-order valence-corrected chi connectivity index (χ4v) is 4.70. The molecule has 6 unspecified atom stereocenters. The van der Waals surface area contributed by atoms with Gasteiger partial charge >= 0.3 is 0 Å². The quantitative estimate of drug-likeness (QED) is 0.668. The first kappa shape index (κ1) is 23.1. The lowest BCUT2D eigenvalue weighted by atomic mass is 9.97. The van der Waals surface area contributed by atoms with Gasteiger partial charge in [-0.05, 0) is 41.5 Å². The summed E-state index contributed by atoms with van der Waals surface area (Å²) >= 11 is 0. The predicted molar refractivity (Wildman–Crippen MR) is 116 cm³/mol. The number of ether oxygens (including phenoxy) is 6. The molecular formula is C23H38N2O6. The third kappa shape index (κ3) is 5.15. The molecule has 0 aliphatic carbocycles. The smallest absolute Gasteiger partial charge is 0.164 e. The van der Waals surface area contributed by atoms with E-state index < -0.39 is 17.4 Å². The number of rotatable bonds is 4. The summed E-state index contributed by atoms with van der Waals surface area (Å²) in [7, 11) is 2.05. The van der Waals surface area contributed by atoms with Gasteiger partial charge in [-0.25, -0.2) is 0 Å². The highest BCUT2D eigenvalue weighted by Crippen LogP contribution is 2.38. The Morgan fingerprint density at radius 3 is 2.19 bits per heavy atom. The lowest BCUT2D eigenvalue weighted by molar-refractivity contribution is -0.290. The molecule has 4 rings (SSSR count). The summed E-state index contributed by atoms with van der Waals surface area (Å²) in [6.07, 6.45) is 4.21. The van der Waals surface area contributed by atoms with E-state index in [1.54, 1.807) is 0 Å². The first-order chi connectivity index (χ1) is 14.3. The van der Waals surface area contributed by atoms with Crippen LogP contribution in [-0.2, 0) is 28.4 Å². The van der Waals surface area contributed by atoms with Crippen LogP contribution in [-0.4, -0.2) is 79.2 Å². The Balaban J connectivity index is 1.45. The molecule has 0 bridgehead atoms. The third-order valence-electron chi connectivity index (χ3n) is 6.29. The van der Waals surface area contributed by atoms with Crippen LogP contribution in [0.1, 0.15) is 54.9 Å².